The molecule has 1 atom stereocenters. The summed E-state index contributed by atoms with van der Waals surface area (Å²) in [6, 6.07) is 15.1. The lowest BCUT2D eigenvalue weighted by molar-refractivity contribution is -0.117. The van der Waals surface area contributed by atoms with Crippen molar-refractivity contribution in [2.24, 2.45) is 0 Å². The standard InChI is InChI=1S/C20H22N2O2/c1-14(22-13-7-9-16-8-3-6-12-19(16)22)20(24)21-18-11-5-4-10-17(18)15(2)23/h3-6,8,10-12,14H,7,9,13H2,1-2H3,(H,21,24)/t14-/m0/s1. The van der Waals surface area contributed by atoms with Crippen LogP contribution in [0.15, 0.2) is 48.5 Å². The normalized spacial score (nSPS) is 14.7. The molecule has 0 saturated carbocycles. The lowest BCUT2D eigenvalue weighted by Gasteiger charge is -2.35. The summed E-state index contributed by atoms with van der Waals surface area (Å²) in [6.07, 6.45) is 2.09. The number of anilines is 2. The van der Waals surface area contributed by atoms with E-state index in [1.165, 1.54) is 12.5 Å². The fourth-order valence-electron chi connectivity index (χ4n) is 3.24. The molecule has 1 heterocycles. The molecule has 0 radical (unpaired) electrons. The van der Waals surface area contributed by atoms with Crippen LogP contribution in [0.2, 0.25) is 0 Å². The molecule has 1 aliphatic heterocycles. The minimum absolute atomic E-state index is 0.0538. The van der Waals surface area contributed by atoms with Crippen molar-refractivity contribution in [2.75, 3.05) is 16.8 Å². The van der Waals surface area contributed by atoms with Crippen LogP contribution in [-0.2, 0) is 11.2 Å². The van der Waals surface area contributed by atoms with E-state index in [1.54, 1.807) is 18.2 Å². The fraction of sp³-hybridized carbons (Fsp3) is 0.300. The largest absolute Gasteiger partial charge is 0.360 e. The number of benzene rings is 2. The van der Waals surface area contributed by atoms with Crippen LogP contribution in [0.5, 0.6) is 0 Å². The van der Waals surface area contributed by atoms with E-state index in [1.807, 2.05) is 25.1 Å². The summed E-state index contributed by atoms with van der Waals surface area (Å²) in [5.41, 5.74) is 3.53. The molecule has 0 unspecified atom stereocenters. The predicted molar refractivity (Wildman–Crippen MR) is 96.6 cm³/mol. The number of hydrogen-bond donors (Lipinski definition) is 1. The minimum Gasteiger partial charge on any atom is -0.360 e. The zero-order chi connectivity index (χ0) is 17.1. The summed E-state index contributed by atoms with van der Waals surface area (Å²) in [5, 5.41) is 2.92. The van der Waals surface area contributed by atoms with Crippen molar-refractivity contribution in [3.8, 4) is 0 Å². The van der Waals surface area contributed by atoms with Gasteiger partial charge in [0.2, 0.25) is 5.91 Å². The first-order valence-corrected chi connectivity index (χ1v) is 8.33. The molecule has 0 bridgehead atoms. The Hall–Kier alpha value is -2.62. The second-order valence-electron chi connectivity index (χ2n) is 6.19. The van der Waals surface area contributed by atoms with Gasteiger partial charge in [-0.05, 0) is 50.5 Å². The van der Waals surface area contributed by atoms with E-state index in [0.717, 1.165) is 25.1 Å². The van der Waals surface area contributed by atoms with Crippen molar-refractivity contribution in [2.45, 2.75) is 32.7 Å². The monoisotopic (exact) mass is 322 g/mol. The average Bonchev–Trinajstić information content (AvgIpc) is 2.61. The number of aryl methyl sites for hydroxylation is 1. The summed E-state index contributed by atoms with van der Waals surface area (Å²) >= 11 is 0. The van der Waals surface area contributed by atoms with Crippen LogP contribution < -0.4 is 10.2 Å². The third kappa shape index (κ3) is 3.18. The Morgan fingerprint density at radius 2 is 1.79 bits per heavy atom. The first kappa shape index (κ1) is 16.2. The third-order valence-electron chi connectivity index (χ3n) is 4.56. The molecule has 0 fully saturated rings. The van der Waals surface area contributed by atoms with E-state index in [9.17, 15) is 9.59 Å². The van der Waals surface area contributed by atoms with Crippen LogP contribution in [0.25, 0.3) is 0 Å². The van der Waals surface area contributed by atoms with Crippen LogP contribution in [0.1, 0.15) is 36.2 Å². The number of amides is 1. The quantitative estimate of drug-likeness (QED) is 0.874. The van der Waals surface area contributed by atoms with Gasteiger partial charge in [0.25, 0.3) is 0 Å². The molecule has 2 aromatic carbocycles. The number of carbonyl (C=O) groups excluding carboxylic acids is 2. The van der Waals surface area contributed by atoms with Gasteiger partial charge in [0, 0.05) is 17.8 Å². The third-order valence-corrected chi connectivity index (χ3v) is 4.56. The van der Waals surface area contributed by atoms with Crippen LogP contribution in [0, 0.1) is 0 Å². The maximum Gasteiger partial charge on any atom is 0.246 e. The van der Waals surface area contributed by atoms with Gasteiger partial charge in [-0.2, -0.15) is 0 Å². The molecule has 1 amide bonds. The number of fused-ring (bicyclic) bond motifs is 1. The Kier molecular flexibility index (Phi) is 4.65. The van der Waals surface area contributed by atoms with Gasteiger partial charge in [0.15, 0.2) is 5.78 Å². The highest BCUT2D eigenvalue weighted by atomic mass is 16.2. The van der Waals surface area contributed by atoms with E-state index >= 15 is 0 Å². The summed E-state index contributed by atoms with van der Waals surface area (Å²) in [6.45, 7) is 4.28. The van der Waals surface area contributed by atoms with E-state index < -0.39 is 0 Å². The van der Waals surface area contributed by atoms with Crippen LogP contribution in [0.4, 0.5) is 11.4 Å². The van der Waals surface area contributed by atoms with Gasteiger partial charge in [-0.15, -0.1) is 0 Å². The molecule has 1 aliphatic rings. The fourth-order valence-corrected chi connectivity index (χ4v) is 3.24. The Morgan fingerprint density at radius 3 is 2.58 bits per heavy atom. The molecule has 0 aromatic heterocycles. The zero-order valence-electron chi connectivity index (χ0n) is 14.1. The molecule has 0 aliphatic carbocycles. The topological polar surface area (TPSA) is 49.4 Å². The minimum atomic E-state index is -0.300. The predicted octanol–water partition coefficient (Wildman–Crippen LogP) is 3.67. The van der Waals surface area contributed by atoms with E-state index in [4.69, 9.17) is 0 Å². The SMILES string of the molecule is CC(=O)c1ccccc1NC(=O)[C@H](C)N1CCCc2ccccc21. The molecular weight excluding hydrogens is 300 g/mol. The van der Waals surface area contributed by atoms with Crippen molar-refractivity contribution < 1.29 is 9.59 Å². The van der Waals surface area contributed by atoms with E-state index in [2.05, 4.69) is 22.3 Å². The molecule has 0 saturated heterocycles. The Morgan fingerprint density at radius 1 is 1.08 bits per heavy atom. The summed E-state index contributed by atoms with van der Waals surface area (Å²) in [4.78, 5) is 26.6. The molecule has 24 heavy (non-hydrogen) atoms. The van der Waals surface area contributed by atoms with Crippen LogP contribution in [0.3, 0.4) is 0 Å². The van der Waals surface area contributed by atoms with Crippen molar-refractivity contribution in [1.82, 2.24) is 0 Å². The van der Waals surface area contributed by atoms with Crippen molar-refractivity contribution in [3.63, 3.8) is 0 Å². The second kappa shape index (κ2) is 6.87. The molecule has 0 spiro atoms. The van der Waals surface area contributed by atoms with Crippen molar-refractivity contribution in [3.05, 3.63) is 59.7 Å². The molecule has 1 N–H and O–H groups in total. The molecular formula is C20H22N2O2. The Labute approximate surface area is 142 Å². The summed E-state index contributed by atoms with van der Waals surface area (Å²) in [5.74, 6) is -0.151. The maximum atomic E-state index is 12.7. The smallest absolute Gasteiger partial charge is 0.246 e. The summed E-state index contributed by atoms with van der Waals surface area (Å²) in [7, 11) is 0. The number of nitrogens with one attached hydrogen (secondary N) is 1. The van der Waals surface area contributed by atoms with Crippen LogP contribution in [-0.4, -0.2) is 24.3 Å². The zero-order valence-corrected chi connectivity index (χ0v) is 14.1. The van der Waals surface area contributed by atoms with Crippen molar-refractivity contribution in [1.29, 1.82) is 0 Å². The first-order chi connectivity index (χ1) is 11.6. The lowest BCUT2D eigenvalue weighted by Crippen LogP contribution is -2.44. The number of hydrogen-bond acceptors (Lipinski definition) is 3. The Balaban J connectivity index is 1.81. The summed E-state index contributed by atoms with van der Waals surface area (Å²) < 4.78 is 0. The number of rotatable bonds is 4. The second-order valence-corrected chi connectivity index (χ2v) is 6.19. The van der Waals surface area contributed by atoms with Gasteiger partial charge < -0.3 is 10.2 Å². The van der Waals surface area contributed by atoms with E-state index in [0.29, 0.717) is 11.3 Å². The Bertz CT molecular complexity index is 770. The number of carbonyl (C=O) groups is 2. The highest BCUT2D eigenvalue weighted by Crippen LogP contribution is 2.28. The highest BCUT2D eigenvalue weighted by molar-refractivity contribution is 6.05. The van der Waals surface area contributed by atoms with Gasteiger partial charge in [0.05, 0.1) is 5.69 Å². The molecule has 4 heteroatoms. The molecule has 2 aromatic rings. The average molecular weight is 322 g/mol. The molecule has 3 rings (SSSR count). The number of para-hydroxylation sites is 2. The van der Waals surface area contributed by atoms with Crippen molar-refractivity contribution >= 4 is 23.1 Å². The van der Waals surface area contributed by atoms with Gasteiger partial charge >= 0.3 is 0 Å². The number of nitrogens with zero attached hydrogens (tertiary/aromatic N) is 1. The highest BCUT2D eigenvalue weighted by Gasteiger charge is 2.26. The first-order valence-electron chi connectivity index (χ1n) is 8.33. The molecule has 4 nitrogen and oxygen atoms in total. The maximum absolute atomic E-state index is 12.7. The number of ketones is 1. The van der Waals surface area contributed by atoms with E-state index in [-0.39, 0.29) is 17.7 Å². The lowest BCUT2D eigenvalue weighted by atomic mass is 10.00. The van der Waals surface area contributed by atoms with Crippen LogP contribution >= 0.6 is 0 Å². The van der Waals surface area contributed by atoms with Gasteiger partial charge in [-0.1, -0.05) is 30.3 Å². The molecule has 124 valence electrons. The number of Topliss-reactive ketones (excluding diaryl/α,β-unsaturated/α-hetero) is 1. The van der Waals surface area contributed by atoms with Gasteiger partial charge in [0.1, 0.15) is 6.04 Å². The van der Waals surface area contributed by atoms with Gasteiger partial charge in [-0.25, -0.2) is 0 Å². The van der Waals surface area contributed by atoms with Gasteiger partial charge in [-0.3, -0.25) is 9.59 Å².